The lowest BCUT2D eigenvalue weighted by molar-refractivity contribution is -0.139. The number of phenols is 1. The number of carbonyl (C=O) groups excluding carboxylic acids is 1. The van der Waals surface area contributed by atoms with Crippen LogP contribution in [0.1, 0.15) is 22.0 Å². The number of phenolic OH excluding ortho intramolecular Hbond substituents is 1. The Bertz CT molecular complexity index is 608. The summed E-state index contributed by atoms with van der Waals surface area (Å²) in [5.74, 6) is -1.61. The number of amides is 1. The number of carbonyl (C=O) groups is 2. The molecular weight excluding hydrogens is 258 g/mol. The van der Waals surface area contributed by atoms with Crippen molar-refractivity contribution >= 4 is 11.9 Å². The molecule has 1 atom stereocenters. The third kappa shape index (κ3) is 3.14. The zero-order valence-electron chi connectivity index (χ0n) is 10.5. The van der Waals surface area contributed by atoms with E-state index in [0.29, 0.717) is 5.56 Å². The fourth-order valence-electron chi connectivity index (χ4n) is 1.76. The minimum absolute atomic E-state index is 0.0411. The summed E-state index contributed by atoms with van der Waals surface area (Å²) >= 11 is 0. The molecule has 0 heterocycles. The zero-order chi connectivity index (χ0) is 14.5. The highest BCUT2D eigenvalue weighted by atomic mass is 16.4. The summed E-state index contributed by atoms with van der Waals surface area (Å²) in [6.45, 7) is 0. The fraction of sp³-hybridized carbons (Fsp3) is 0.0667. The van der Waals surface area contributed by atoms with Crippen LogP contribution in [0.25, 0.3) is 0 Å². The highest BCUT2D eigenvalue weighted by molar-refractivity contribution is 5.96. The van der Waals surface area contributed by atoms with Crippen LogP contribution in [0.5, 0.6) is 5.75 Å². The van der Waals surface area contributed by atoms with Gasteiger partial charge in [-0.15, -0.1) is 0 Å². The Labute approximate surface area is 115 Å². The van der Waals surface area contributed by atoms with Gasteiger partial charge in [0.15, 0.2) is 6.04 Å². The number of benzene rings is 2. The maximum Gasteiger partial charge on any atom is 0.330 e. The van der Waals surface area contributed by atoms with Crippen molar-refractivity contribution in [2.24, 2.45) is 0 Å². The molecule has 2 rings (SSSR count). The summed E-state index contributed by atoms with van der Waals surface area (Å²) in [6, 6.07) is 12.9. The van der Waals surface area contributed by atoms with Crippen molar-refractivity contribution in [3.63, 3.8) is 0 Å². The van der Waals surface area contributed by atoms with Gasteiger partial charge in [-0.2, -0.15) is 0 Å². The van der Waals surface area contributed by atoms with Gasteiger partial charge in [-0.25, -0.2) is 4.79 Å². The van der Waals surface area contributed by atoms with Crippen LogP contribution in [0.2, 0.25) is 0 Å². The highest BCUT2D eigenvalue weighted by Crippen LogP contribution is 2.15. The predicted octanol–water partition coefficient (Wildman–Crippen LogP) is 1.95. The van der Waals surface area contributed by atoms with Crippen LogP contribution in [-0.4, -0.2) is 22.1 Å². The minimum atomic E-state index is -1.14. The van der Waals surface area contributed by atoms with E-state index in [0.717, 1.165) is 0 Å². The normalized spacial score (nSPS) is 11.6. The topological polar surface area (TPSA) is 86.6 Å². The van der Waals surface area contributed by atoms with Gasteiger partial charge in [-0.3, -0.25) is 4.79 Å². The molecule has 0 spiro atoms. The molecule has 0 aliphatic heterocycles. The Morgan fingerprint density at radius 3 is 2.10 bits per heavy atom. The standard InChI is InChI=1S/C15H13NO4/c17-12-8-6-11(7-9-12)14(18)16-13(15(19)20)10-4-2-1-3-5-10/h1-9,13,17H,(H,16,18)(H,19,20)/t13-/m1/s1. The molecule has 2 aromatic rings. The van der Waals surface area contributed by atoms with Gasteiger partial charge in [-0.05, 0) is 29.8 Å². The van der Waals surface area contributed by atoms with Crippen LogP contribution >= 0.6 is 0 Å². The maximum absolute atomic E-state index is 12.0. The molecule has 0 unspecified atom stereocenters. The second-order valence-corrected chi connectivity index (χ2v) is 4.20. The Morgan fingerprint density at radius 1 is 0.950 bits per heavy atom. The lowest BCUT2D eigenvalue weighted by atomic mass is 10.1. The van der Waals surface area contributed by atoms with Gasteiger partial charge < -0.3 is 15.5 Å². The van der Waals surface area contributed by atoms with Gasteiger partial charge in [0, 0.05) is 5.56 Å². The van der Waals surface area contributed by atoms with Crippen molar-refractivity contribution in [3.05, 3.63) is 65.7 Å². The summed E-state index contributed by atoms with van der Waals surface area (Å²) in [4.78, 5) is 23.3. The number of carboxylic acids is 1. The molecular formula is C15H13NO4. The van der Waals surface area contributed by atoms with Crippen molar-refractivity contribution in [1.29, 1.82) is 0 Å². The molecule has 102 valence electrons. The third-order valence-corrected chi connectivity index (χ3v) is 2.78. The molecule has 5 nitrogen and oxygen atoms in total. The first-order chi connectivity index (χ1) is 9.58. The summed E-state index contributed by atoms with van der Waals surface area (Å²) < 4.78 is 0. The molecule has 0 aliphatic rings. The molecule has 0 bridgehead atoms. The van der Waals surface area contributed by atoms with E-state index in [2.05, 4.69) is 5.32 Å². The number of carboxylic acid groups (broad SMARTS) is 1. The van der Waals surface area contributed by atoms with Crippen LogP contribution in [-0.2, 0) is 4.79 Å². The SMILES string of the molecule is O=C(N[C@@H](C(=O)O)c1ccccc1)c1ccc(O)cc1. The number of nitrogens with one attached hydrogen (secondary N) is 1. The average Bonchev–Trinajstić information content (AvgIpc) is 2.46. The average molecular weight is 271 g/mol. The van der Waals surface area contributed by atoms with Crippen LogP contribution in [0, 0.1) is 0 Å². The Balaban J connectivity index is 2.19. The van der Waals surface area contributed by atoms with E-state index in [9.17, 15) is 14.7 Å². The van der Waals surface area contributed by atoms with E-state index in [-0.39, 0.29) is 11.3 Å². The van der Waals surface area contributed by atoms with Crippen molar-refractivity contribution < 1.29 is 19.8 Å². The number of aromatic hydroxyl groups is 1. The first-order valence-corrected chi connectivity index (χ1v) is 5.95. The van der Waals surface area contributed by atoms with Crippen LogP contribution in [0.15, 0.2) is 54.6 Å². The molecule has 0 aromatic heterocycles. The second-order valence-electron chi connectivity index (χ2n) is 4.20. The monoisotopic (exact) mass is 271 g/mol. The first kappa shape index (κ1) is 13.6. The van der Waals surface area contributed by atoms with Crippen molar-refractivity contribution in [2.75, 3.05) is 0 Å². The van der Waals surface area contributed by atoms with Crippen LogP contribution < -0.4 is 5.32 Å². The number of hydrogen-bond donors (Lipinski definition) is 3. The van der Waals surface area contributed by atoms with Crippen molar-refractivity contribution in [1.82, 2.24) is 5.32 Å². The fourth-order valence-corrected chi connectivity index (χ4v) is 1.76. The number of rotatable bonds is 4. The Hall–Kier alpha value is -2.82. The largest absolute Gasteiger partial charge is 0.508 e. The van der Waals surface area contributed by atoms with Crippen LogP contribution in [0.4, 0.5) is 0 Å². The molecule has 0 radical (unpaired) electrons. The molecule has 20 heavy (non-hydrogen) atoms. The smallest absolute Gasteiger partial charge is 0.330 e. The molecule has 0 aliphatic carbocycles. The minimum Gasteiger partial charge on any atom is -0.508 e. The first-order valence-electron chi connectivity index (χ1n) is 5.95. The van der Waals surface area contributed by atoms with Crippen molar-refractivity contribution in [2.45, 2.75) is 6.04 Å². The molecule has 0 fully saturated rings. The second kappa shape index (κ2) is 5.88. The lowest BCUT2D eigenvalue weighted by Crippen LogP contribution is -2.33. The molecule has 5 heteroatoms. The molecule has 2 aromatic carbocycles. The molecule has 3 N–H and O–H groups in total. The maximum atomic E-state index is 12.0. The lowest BCUT2D eigenvalue weighted by Gasteiger charge is -2.14. The van der Waals surface area contributed by atoms with Gasteiger partial charge in [-0.1, -0.05) is 30.3 Å². The number of aliphatic carboxylic acids is 1. The molecule has 1 amide bonds. The highest BCUT2D eigenvalue weighted by Gasteiger charge is 2.22. The predicted molar refractivity (Wildman–Crippen MR) is 72.4 cm³/mol. The summed E-state index contributed by atoms with van der Waals surface area (Å²) in [7, 11) is 0. The van der Waals surface area contributed by atoms with Gasteiger partial charge in [0.05, 0.1) is 0 Å². The van der Waals surface area contributed by atoms with E-state index in [1.54, 1.807) is 30.3 Å². The van der Waals surface area contributed by atoms with Gasteiger partial charge in [0.1, 0.15) is 5.75 Å². The van der Waals surface area contributed by atoms with Crippen LogP contribution in [0.3, 0.4) is 0 Å². The quantitative estimate of drug-likeness (QED) is 0.793. The molecule has 0 saturated heterocycles. The van der Waals surface area contributed by atoms with E-state index in [1.165, 1.54) is 24.3 Å². The number of hydrogen-bond acceptors (Lipinski definition) is 3. The van der Waals surface area contributed by atoms with Gasteiger partial charge >= 0.3 is 5.97 Å². The summed E-state index contributed by atoms with van der Waals surface area (Å²) in [6.07, 6.45) is 0. The zero-order valence-corrected chi connectivity index (χ0v) is 10.5. The Morgan fingerprint density at radius 2 is 1.55 bits per heavy atom. The van der Waals surface area contributed by atoms with Gasteiger partial charge in [0.25, 0.3) is 5.91 Å². The van der Waals surface area contributed by atoms with E-state index in [1.807, 2.05) is 0 Å². The Kier molecular flexibility index (Phi) is 4.00. The van der Waals surface area contributed by atoms with E-state index in [4.69, 9.17) is 5.11 Å². The third-order valence-electron chi connectivity index (χ3n) is 2.78. The summed E-state index contributed by atoms with van der Waals surface area (Å²) in [5, 5.41) is 20.8. The van der Waals surface area contributed by atoms with Crippen molar-refractivity contribution in [3.8, 4) is 5.75 Å². The van der Waals surface area contributed by atoms with Gasteiger partial charge in [0.2, 0.25) is 0 Å². The van der Waals surface area contributed by atoms with E-state index >= 15 is 0 Å². The molecule has 0 saturated carbocycles. The van der Waals surface area contributed by atoms with E-state index < -0.39 is 17.9 Å². The summed E-state index contributed by atoms with van der Waals surface area (Å²) in [5.41, 5.74) is 0.775.